The molecule has 1 aliphatic rings. The standard InChI is InChI=1S/C15H18N2O3S2/c1-2-22(18,19)13-5-3-12(4-6-13)17-8-9-20-14(11-17)15-16-7-10-21-15/h3-7,10,14H,2,8-9,11H2,1H3. The number of aromatic nitrogens is 1. The average molecular weight is 338 g/mol. The number of sulfone groups is 1. The number of hydrogen-bond acceptors (Lipinski definition) is 6. The summed E-state index contributed by atoms with van der Waals surface area (Å²) >= 11 is 1.59. The van der Waals surface area contributed by atoms with E-state index in [1.165, 1.54) is 0 Å². The summed E-state index contributed by atoms with van der Waals surface area (Å²) in [6, 6.07) is 7.10. The molecule has 0 saturated carbocycles. The second-order valence-corrected chi connectivity index (χ2v) is 8.28. The van der Waals surface area contributed by atoms with E-state index in [9.17, 15) is 8.42 Å². The van der Waals surface area contributed by atoms with Gasteiger partial charge in [-0.1, -0.05) is 6.92 Å². The number of benzene rings is 1. The Morgan fingerprint density at radius 1 is 1.36 bits per heavy atom. The van der Waals surface area contributed by atoms with Crippen molar-refractivity contribution in [2.75, 3.05) is 30.3 Å². The number of ether oxygens (including phenoxy) is 1. The Hall–Kier alpha value is -1.44. The Balaban J connectivity index is 1.76. The molecule has 2 heterocycles. The molecule has 1 unspecified atom stereocenters. The quantitative estimate of drug-likeness (QED) is 0.857. The van der Waals surface area contributed by atoms with Crippen LogP contribution in [-0.4, -0.2) is 38.9 Å². The van der Waals surface area contributed by atoms with Crippen LogP contribution in [0.1, 0.15) is 18.0 Å². The fourth-order valence-corrected chi connectivity index (χ4v) is 4.02. The Bertz CT molecular complexity index is 712. The zero-order valence-corrected chi connectivity index (χ0v) is 13.9. The molecule has 1 aromatic heterocycles. The minimum atomic E-state index is -3.14. The van der Waals surface area contributed by atoms with E-state index in [0.29, 0.717) is 11.5 Å². The molecule has 1 aliphatic heterocycles. The molecular weight excluding hydrogens is 320 g/mol. The van der Waals surface area contributed by atoms with Crippen molar-refractivity contribution in [2.45, 2.75) is 17.9 Å². The van der Waals surface area contributed by atoms with E-state index in [2.05, 4.69) is 9.88 Å². The second-order valence-electron chi connectivity index (χ2n) is 5.07. The van der Waals surface area contributed by atoms with E-state index in [4.69, 9.17) is 4.74 Å². The lowest BCUT2D eigenvalue weighted by molar-refractivity contribution is 0.0396. The Morgan fingerprint density at radius 3 is 2.77 bits per heavy atom. The molecular formula is C15H18N2O3S2. The average Bonchev–Trinajstić information content (AvgIpc) is 3.10. The predicted octanol–water partition coefficient (Wildman–Crippen LogP) is 2.51. The molecule has 0 radical (unpaired) electrons. The van der Waals surface area contributed by atoms with Gasteiger partial charge < -0.3 is 9.64 Å². The highest BCUT2D eigenvalue weighted by molar-refractivity contribution is 7.91. The van der Waals surface area contributed by atoms with Crippen LogP contribution >= 0.6 is 11.3 Å². The molecule has 1 atom stereocenters. The first-order valence-electron chi connectivity index (χ1n) is 7.19. The number of rotatable bonds is 4. The van der Waals surface area contributed by atoms with Gasteiger partial charge in [0, 0.05) is 23.8 Å². The summed E-state index contributed by atoms with van der Waals surface area (Å²) in [4.78, 5) is 6.90. The molecule has 5 nitrogen and oxygen atoms in total. The van der Waals surface area contributed by atoms with Crippen LogP contribution in [0.15, 0.2) is 40.7 Å². The Labute approximate surface area is 134 Å². The van der Waals surface area contributed by atoms with Crippen LogP contribution in [0.4, 0.5) is 5.69 Å². The third-order valence-corrected chi connectivity index (χ3v) is 6.35. The lowest BCUT2D eigenvalue weighted by atomic mass is 10.2. The van der Waals surface area contributed by atoms with E-state index >= 15 is 0 Å². The van der Waals surface area contributed by atoms with Crippen molar-refractivity contribution in [1.29, 1.82) is 0 Å². The zero-order chi connectivity index (χ0) is 15.6. The van der Waals surface area contributed by atoms with Gasteiger partial charge in [0.05, 0.1) is 23.8 Å². The number of thiazole rings is 1. The van der Waals surface area contributed by atoms with Gasteiger partial charge >= 0.3 is 0 Å². The SMILES string of the molecule is CCS(=O)(=O)c1ccc(N2CCOC(c3nccs3)C2)cc1. The van der Waals surface area contributed by atoms with Gasteiger partial charge in [-0.15, -0.1) is 11.3 Å². The molecule has 0 bridgehead atoms. The molecule has 0 amide bonds. The molecule has 7 heteroatoms. The third kappa shape index (κ3) is 3.16. The summed E-state index contributed by atoms with van der Waals surface area (Å²) in [7, 11) is -3.14. The van der Waals surface area contributed by atoms with Gasteiger partial charge in [-0.25, -0.2) is 13.4 Å². The molecule has 1 fully saturated rings. The second kappa shape index (κ2) is 6.36. The highest BCUT2D eigenvalue weighted by atomic mass is 32.2. The maximum atomic E-state index is 11.9. The first-order chi connectivity index (χ1) is 10.6. The zero-order valence-electron chi connectivity index (χ0n) is 12.3. The lowest BCUT2D eigenvalue weighted by Crippen LogP contribution is -2.38. The summed E-state index contributed by atoms with van der Waals surface area (Å²) in [6.07, 6.45) is 1.76. The van der Waals surface area contributed by atoms with Gasteiger partial charge in [0.1, 0.15) is 11.1 Å². The number of nitrogens with zero attached hydrogens (tertiary/aromatic N) is 2. The molecule has 2 aromatic rings. The van der Waals surface area contributed by atoms with Gasteiger partial charge in [-0.05, 0) is 24.3 Å². The lowest BCUT2D eigenvalue weighted by Gasteiger charge is -2.33. The largest absolute Gasteiger partial charge is 0.367 e. The normalized spacial score (nSPS) is 19.3. The van der Waals surface area contributed by atoms with Crippen molar-refractivity contribution in [3.05, 3.63) is 40.8 Å². The molecule has 1 saturated heterocycles. The summed E-state index contributed by atoms with van der Waals surface area (Å²) in [6.45, 7) is 3.82. The van der Waals surface area contributed by atoms with E-state index < -0.39 is 9.84 Å². The highest BCUT2D eigenvalue weighted by Gasteiger charge is 2.24. The maximum Gasteiger partial charge on any atom is 0.178 e. The van der Waals surface area contributed by atoms with Crippen molar-refractivity contribution < 1.29 is 13.2 Å². The minimum Gasteiger partial charge on any atom is -0.367 e. The molecule has 3 rings (SSSR count). The fraction of sp³-hybridized carbons (Fsp3) is 0.400. The molecule has 22 heavy (non-hydrogen) atoms. The monoisotopic (exact) mass is 338 g/mol. The van der Waals surface area contributed by atoms with Crippen molar-refractivity contribution in [1.82, 2.24) is 4.98 Å². The van der Waals surface area contributed by atoms with Crippen LogP contribution in [0.5, 0.6) is 0 Å². The highest BCUT2D eigenvalue weighted by Crippen LogP contribution is 2.27. The minimum absolute atomic E-state index is 0.0206. The summed E-state index contributed by atoms with van der Waals surface area (Å²) in [5, 5.41) is 2.93. The fourth-order valence-electron chi connectivity index (χ4n) is 2.46. The molecule has 118 valence electrons. The summed E-state index contributed by atoms with van der Waals surface area (Å²) < 4.78 is 29.5. The van der Waals surface area contributed by atoms with Crippen LogP contribution in [0.3, 0.4) is 0 Å². The molecule has 0 aliphatic carbocycles. The van der Waals surface area contributed by atoms with Gasteiger partial charge in [0.15, 0.2) is 9.84 Å². The maximum absolute atomic E-state index is 11.9. The van der Waals surface area contributed by atoms with Gasteiger partial charge in [0.2, 0.25) is 0 Å². The topological polar surface area (TPSA) is 59.5 Å². The number of anilines is 1. The van der Waals surface area contributed by atoms with Crippen molar-refractivity contribution in [3.8, 4) is 0 Å². The Kier molecular flexibility index (Phi) is 4.46. The number of morpholine rings is 1. The van der Waals surface area contributed by atoms with Gasteiger partial charge in [-0.2, -0.15) is 0 Å². The van der Waals surface area contributed by atoms with Crippen LogP contribution < -0.4 is 4.90 Å². The van der Waals surface area contributed by atoms with E-state index in [1.807, 2.05) is 17.5 Å². The van der Waals surface area contributed by atoms with Crippen LogP contribution in [-0.2, 0) is 14.6 Å². The Morgan fingerprint density at radius 2 is 2.14 bits per heavy atom. The predicted molar refractivity (Wildman–Crippen MR) is 87.2 cm³/mol. The summed E-state index contributed by atoms with van der Waals surface area (Å²) in [5.41, 5.74) is 1.01. The van der Waals surface area contributed by atoms with Crippen LogP contribution in [0, 0.1) is 0 Å². The third-order valence-electron chi connectivity index (χ3n) is 3.73. The van der Waals surface area contributed by atoms with E-state index in [1.54, 1.807) is 36.6 Å². The smallest absolute Gasteiger partial charge is 0.178 e. The first-order valence-corrected chi connectivity index (χ1v) is 9.72. The van der Waals surface area contributed by atoms with E-state index in [-0.39, 0.29) is 11.9 Å². The van der Waals surface area contributed by atoms with Crippen LogP contribution in [0.25, 0.3) is 0 Å². The van der Waals surface area contributed by atoms with E-state index in [0.717, 1.165) is 23.8 Å². The van der Waals surface area contributed by atoms with Crippen molar-refractivity contribution in [2.24, 2.45) is 0 Å². The first kappa shape index (κ1) is 15.5. The van der Waals surface area contributed by atoms with Gasteiger partial charge in [-0.3, -0.25) is 0 Å². The molecule has 0 N–H and O–H groups in total. The molecule has 1 aromatic carbocycles. The van der Waals surface area contributed by atoms with Gasteiger partial charge in [0.25, 0.3) is 0 Å². The number of hydrogen-bond donors (Lipinski definition) is 0. The molecule has 0 spiro atoms. The van der Waals surface area contributed by atoms with Crippen molar-refractivity contribution in [3.63, 3.8) is 0 Å². The van der Waals surface area contributed by atoms with Crippen LogP contribution in [0.2, 0.25) is 0 Å². The van der Waals surface area contributed by atoms with Crippen molar-refractivity contribution >= 4 is 26.9 Å². The summed E-state index contributed by atoms with van der Waals surface area (Å²) in [5.74, 6) is 0.121.